The molecule has 1 aromatic carbocycles. The van der Waals surface area contributed by atoms with Gasteiger partial charge in [0.2, 0.25) is 0 Å². The normalized spacial score (nSPS) is 10.4. The molecule has 0 fully saturated rings. The molecule has 0 spiro atoms. The summed E-state index contributed by atoms with van der Waals surface area (Å²) in [6.07, 6.45) is 0. The number of carbonyl (C=O) groups is 2. The van der Waals surface area contributed by atoms with Gasteiger partial charge in [-0.05, 0) is 24.1 Å². The summed E-state index contributed by atoms with van der Waals surface area (Å²) in [5, 5.41) is 11.4. The summed E-state index contributed by atoms with van der Waals surface area (Å²) in [5.74, 6) is -1.68. The van der Waals surface area contributed by atoms with Crippen molar-refractivity contribution >= 4 is 29.3 Å². The van der Waals surface area contributed by atoms with Crippen LogP contribution in [0.1, 0.15) is 13.8 Å². The van der Waals surface area contributed by atoms with Crippen molar-refractivity contribution in [3.05, 3.63) is 29.0 Å². The molecule has 0 aliphatic carbocycles. The summed E-state index contributed by atoms with van der Waals surface area (Å²) in [4.78, 5) is 23.8. The molecule has 0 aromatic heterocycles. The number of rotatable bonds is 5. The highest BCUT2D eigenvalue weighted by Crippen LogP contribution is 2.20. The van der Waals surface area contributed by atoms with Crippen molar-refractivity contribution < 1.29 is 19.1 Å². The molecule has 0 unspecified atom stereocenters. The van der Waals surface area contributed by atoms with Crippen LogP contribution in [0.15, 0.2) is 18.2 Å². The van der Waals surface area contributed by atoms with E-state index in [0.29, 0.717) is 0 Å². The quantitative estimate of drug-likeness (QED) is 0.878. The van der Waals surface area contributed by atoms with Crippen LogP contribution in [0.4, 0.5) is 14.9 Å². The highest BCUT2D eigenvalue weighted by molar-refractivity contribution is 6.30. The van der Waals surface area contributed by atoms with Crippen LogP contribution in [0, 0.1) is 11.7 Å². The second kappa shape index (κ2) is 7.09. The van der Waals surface area contributed by atoms with Crippen molar-refractivity contribution in [3.63, 3.8) is 0 Å². The van der Waals surface area contributed by atoms with Crippen LogP contribution in [0.25, 0.3) is 0 Å². The first-order chi connectivity index (χ1) is 9.29. The molecule has 1 rings (SSSR count). The van der Waals surface area contributed by atoms with Crippen molar-refractivity contribution in [1.82, 2.24) is 4.90 Å². The zero-order chi connectivity index (χ0) is 15.3. The van der Waals surface area contributed by atoms with Crippen LogP contribution < -0.4 is 5.32 Å². The monoisotopic (exact) mass is 302 g/mol. The zero-order valence-corrected chi connectivity index (χ0v) is 11.9. The molecule has 110 valence electrons. The summed E-state index contributed by atoms with van der Waals surface area (Å²) >= 11 is 5.72. The molecule has 2 N–H and O–H groups in total. The molecule has 1 aromatic rings. The lowest BCUT2D eigenvalue weighted by atomic mass is 10.2. The molecule has 7 heteroatoms. The van der Waals surface area contributed by atoms with Crippen molar-refractivity contribution in [3.8, 4) is 0 Å². The Morgan fingerprint density at radius 2 is 2.10 bits per heavy atom. The average molecular weight is 303 g/mol. The van der Waals surface area contributed by atoms with E-state index in [-0.39, 0.29) is 23.2 Å². The van der Waals surface area contributed by atoms with E-state index in [1.807, 2.05) is 13.8 Å². The molecule has 0 bridgehead atoms. The van der Waals surface area contributed by atoms with E-state index in [2.05, 4.69) is 5.32 Å². The van der Waals surface area contributed by atoms with Gasteiger partial charge in [0.15, 0.2) is 0 Å². The molecular weight excluding hydrogens is 287 g/mol. The van der Waals surface area contributed by atoms with Gasteiger partial charge in [-0.3, -0.25) is 4.79 Å². The molecule has 0 saturated carbocycles. The van der Waals surface area contributed by atoms with E-state index in [1.165, 1.54) is 12.1 Å². The number of carboxylic acid groups (broad SMARTS) is 1. The number of nitrogens with zero attached hydrogens (tertiary/aromatic N) is 1. The van der Waals surface area contributed by atoms with Gasteiger partial charge in [-0.1, -0.05) is 25.4 Å². The van der Waals surface area contributed by atoms with Crippen LogP contribution in [-0.4, -0.2) is 35.1 Å². The van der Waals surface area contributed by atoms with Crippen LogP contribution in [0.3, 0.4) is 0 Å². The standard InChI is InChI=1S/C13H16ClFN2O3/c1-8(2)6-17(7-12(18)19)13(20)16-11-5-9(14)3-4-10(11)15/h3-5,8H,6-7H2,1-2H3,(H,16,20)(H,18,19). The minimum absolute atomic E-state index is 0.0818. The molecular formula is C13H16ClFN2O3. The van der Waals surface area contributed by atoms with E-state index < -0.39 is 24.4 Å². The summed E-state index contributed by atoms with van der Waals surface area (Å²) in [7, 11) is 0. The summed E-state index contributed by atoms with van der Waals surface area (Å²) in [5.41, 5.74) is -0.0818. The minimum atomic E-state index is -1.13. The molecule has 0 atom stereocenters. The van der Waals surface area contributed by atoms with Crippen molar-refractivity contribution in [2.45, 2.75) is 13.8 Å². The Labute approximate surface area is 121 Å². The molecule has 0 aliphatic heterocycles. The third-order valence-electron chi connectivity index (χ3n) is 2.37. The second-order valence-corrected chi connectivity index (χ2v) is 5.16. The highest BCUT2D eigenvalue weighted by atomic mass is 35.5. The number of carbonyl (C=O) groups excluding carboxylic acids is 1. The number of hydrogen-bond donors (Lipinski definition) is 2. The first kappa shape index (κ1) is 16.2. The van der Waals surface area contributed by atoms with Gasteiger partial charge in [0.25, 0.3) is 0 Å². The third kappa shape index (κ3) is 5.05. The number of amides is 2. The number of carboxylic acids is 1. The maximum Gasteiger partial charge on any atom is 0.323 e. The highest BCUT2D eigenvalue weighted by Gasteiger charge is 2.19. The Hall–Kier alpha value is -1.82. The van der Waals surface area contributed by atoms with Gasteiger partial charge < -0.3 is 15.3 Å². The third-order valence-corrected chi connectivity index (χ3v) is 2.60. The molecule has 0 aliphatic rings. The van der Waals surface area contributed by atoms with Crippen LogP contribution in [-0.2, 0) is 4.79 Å². The van der Waals surface area contributed by atoms with Gasteiger partial charge >= 0.3 is 12.0 Å². The minimum Gasteiger partial charge on any atom is -0.480 e. The first-order valence-corrected chi connectivity index (χ1v) is 6.40. The summed E-state index contributed by atoms with van der Waals surface area (Å²) < 4.78 is 13.5. The van der Waals surface area contributed by atoms with E-state index in [9.17, 15) is 14.0 Å². The van der Waals surface area contributed by atoms with Gasteiger partial charge in [0.1, 0.15) is 12.4 Å². The van der Waals surface area contributed by atoms with Crippen LogP contribution >= 0.6 is 11.6 Å². The first-order valence-electron chi connectivity index (χ1n) is 6.02. The van der Waals surface area contributed by atoms with Crippen molar-refractivity contribution in [1.29, 1.82) is 0 Å². The molecule has 0 radical (unpaired) electrons. The molecule has 2 amide bonds. The maximum absolute atomic E-state index is 13.5. The van der Waals surface area contributed by atoms with E-state index in [1.54, 1.807) is 0 Å². The molecule has 20 heavy (non-hydrogen) atoms. The Morgan fingerprint density at radius 3 is 2.65 bits per heavy atom. The number of benzene rings is 1. The Balaban J connectivity index is 2.84. The predicted molar refractivity (Wildman–Crippen MR) is 74.5 cm³/mol. The number of hydrogen-bond acceptors (Lipinski definition) is 2. The van der Waals surface area contributed by atoms with Gasteiger partial charge in [0.05, 0.1) is 5.69 Å². The second-order valence-electron chi connectivity index (χ2n) is 4.72. The number of halogens is 2. The maximum atomic E-state index is 13.5. The number of anilines is 1. The molecule has 0 saturated heterocycles. The van der Waals surface area contributed by atoms with Crippen molar-refractivity contribution in [2.75, 3.05) is 18.4 Å². The fourth-order valence-electron chi connectivity index (χ4n) is 1.61. The number of aliphatic carboxylic acids is 1. The average Bonchev–Trinajstić information content (AvgIpc) is 2.31. The largest absolute Gasteiger partial charge is 0.480 e. The van der Waals surface area contributed by atoms with Gasteiger partial charge in [0, 0.05) is 11.6 Å². The van der Waals surface area contributed by atoms with E-state index in [4.69, 9.17) is 16.7 Å². The van der Waals surface area contributed by atoms with Crippen molar-refractivity contribution in [2.24, 2.45) is 5.92 Å². The Bertz CT molecular complexity index is 508. The number of nitrogens with one attached hydrogen (secondary N) is 1. The summed E-state index contributed by atoms with van der Waals surface area (Å²) in [6.45, 7) is 3.50. The smallest absolute Gasteiger partial charge is 0.323 e. The van der Waals surface area contributed by atoms with E-state index >= 15 is 0 Å². The Morgan fingerprint density at radius 1 is 1.45 bits per heavy atom. The summed E-state index contributed by atoms with van der Waals surface area (Å²) in [6, 6.07) is 3.07. The predicted octanol–water partition coefficient (Wildman–Crippen LogP) is 3.05. The fraction of sp³-hybridized carbons (Fsp3) is 0.385. The molecule has 0 heterocycles. The lowest BCUT2D eigenvalue weighted by Gasteiger charge is -2.23. The van der Waals surface area contributed by atoms with Gasteiger partial charge in [-0.25, -0.2) is 9.18 Å². The molecule has 5 nitrogen and oxygen atoms in total. The van der Waals surface area contributed by atoms with Gasteiger partial charge in [-0.2, -0.15) is 0 Å². The van der Waals surface area contributed by atoms with Crippen LogP contribution in [0.5, 0.6) is 0 Å². The lowest BCUT2D eigenvalue weighted by Crippen LogP contribution is -2.41. The topological polar surface area (TPSA) is 69.6 Å². The Kier molecular flexibility index (Phi) is 5.76. The lowest BCUT2D eigenvalue weighted by molar-refractivity contribution is -0.137. The SMILES string of the molecule is CC(C)CN(CC(=O)O)C(=O)Nc1cc(Cl)ccc1F. The van der Waals surface area contributed by atoms with Gasteiger partial charge in [-0.15, -0.1) is 0 Å². The fourth-order valence-corrected chi connectivity index (χ4v) is 1.78. The van der Waals surface area contributed by atoms with E-state index in [0.717, 1.165) is 11.0 Å². The zero-order valence-electron chi connectivity index (χ0n) is 11.2. The van der Waals surface area contributed by atoms with Crippen LogP contribution in [0.2, 0.25) is 5.02 Å². The number of urea groups is 1.